The standard InChI is InChI=1S/C15H17N.C8H11N/c1-12-4-8-14(9-5-12)16(3)15-10-6-13(2)7-11-15;1-7-3-5-8(9-2)6-4-7/h4-11H,1-3H3;3-6,9H,1-2H3. The Balaban J connectivity index is 0.000000212. The van der Waals surface area contributed by atoms with E-state index in [0.29, 0.717) is 0 Å². The van der Waals surface area contributed by atoms with Crippen LogP contribution in [0.3, 0.4) is 0 Å². The van der Waals surface area contributed by atoms with Crippen LogP contribution in [0.2, 0.25) is 0 Å². The molecule has 2 nitrogen and oxygen atoms in total. The van der Waals surface area contributed by atoms with Crippen LogP contribution in [0.4, 0.5) is 17.1 Å². The molecule has 0 aromatic heterocycles. The fourth-order valence-electron chi connectivity index (χ4n) is 2.41. The molecule has 0 aliphatic heterocycles. The lowest BCUT2D eigenvalue weighted by atomic mass is 10.2. The molecule has 0 saturated heterocycles. The molecule has 0 aliphatic carbocycles. The SMILES string of the molecule is CNc1ccc(C)cc1.Cc1ccc(N(C)c2ccc(C)cc2)cc1. The average Bonchev–Trinajstić information content (AvgIpc) is 2.64. The Hall–Kier alpha value is -2.74. The van der Waals surface area contributed by atoms with Gasteiger partial charge in [-0.2, -0.15) is 0 Å². The molecule has 0 saturated carbocycles. The summed E-state index contributed by atoms with van der Waals surface area (Å²) in [5.41, 5.74) is 7.49. The lowest BCUT2D eigenvalue weighted by molar-refractivity contribution is 1.20. The molecule has 3 aromatic rings. The molecular formula is C23H28N2. The van der Waals surface area contributed by atoms with Crippen LogP contribution in [0.25, 0.3) is 0 Å². The molecule has 0 aliphatic rings. The van der Waals surface area contributed by atoms with Gasteiger partial charge in [0, 0.05) is 31.2 Å². The van der Waals surface area contributed by atoms with Gasteiger partial charge in [0.25, 0.3) is 0 Å². The number of hydrogen-bond donors (Lipinski definition) is 1. The summed E-state index contributed by atoms with van der Waals surface area (Å²) in [5, 5.41) is 3.05. The van der Waals surface area contributed by atoms with E-state index < -0.39 is 0 Å². The first-order valence-corrected chi connectivity index (χ1v) is 8.61. The molecule has 0 atom stereocenters. The molecule has 0 radical (unpaired) electrons. The van der Waals surface area contributed by atoms with Crippen LogP contribution in [0.1, 0.15) is 16.7 Å². The van der Waals surface area contributed by atoms with Crippen molar-refractivity contribution in [1.29, 1.82) is 0 Å². The van der Waals surface area contributed by atoms with Crippen LogP contribution in [-0.4, -0.2) is 14.1 Å². The number of nitrogens with zero attached hydrogens (tertiary/aromatic N) is 1. The van der Waals surface area contributed by atoms with E-state index in [2.05, 4.69) is 111 Å². The zero-order chi connectivity index (χ0) is 18.2. The van der Waals surface area contributed by atoms with Gasteiger partial charge in [0.2, 0.25) is 0 Å². The van der Waals surface area contributed by atoms with E-state index in [4.69, 9.17) is 0 Å². The average molecular weight is 332 g/mol. The minimum absolute atomic E-state index is 1.17. The molecule has 0 spiro atoms. The lowest BCUT2D eigenvalue weighted by Crippen LogP contribution is -2.08. The van der Waals surface area contributed by atoms with Crippen LogP contribution in [0, 0.1) is 20.8 Å². The highest BCUT2D eigenvalue weighted by Gasteiger charge is 2.02. The third kappa shape index (κ3) is 5.68. The second kappa shape index (κ2) is 8.93. The summed E-state index contributed by atoms with van der Waals surface area (Å²) in [6.07, 6.45) is 0. The molecule has 1 N–H and O–H groups in total. The molecule has 3 rings (SSSR count). The van der Waals surface area contributed by atoms with Gasteiger partial charge in [-0.3, -0.25) is 0 Å². The number of anilines is 3. The smallest absolute Gasteiger partial charge is 0.0408 e. The van der Waals surface area contributed by atoms with Crippen LogP contribution in [0.5, 0.6) is 0 Å². The largest absolute Gasteiger partial charge is 0.388 e. The van der Waals surface area contributed by atoms with Gasteiger partial charge >= 0.3 is 0 Å². The van der Waals surface area contributed by atoms with E-state index in [0.717, 1.165) is 0 Å². The molecule has 0 heterocycles. The van der Waals surface area contributed by atoms with Crippen molar-refractivity contribution in [3.8, 4) is 0 Å². The Bertz CT molecular complexity index is 711. The van der Waals surface area contributed by atoms with Crippen molar-refractivity contribution in [1.82, 2.24) is 0 Å². The Morgan fingerprint density at radius 1 is 0.560 bits per heavy atom. The van der Waals surface area contributed by atoms with E-state index in [1.54, 1.807) is 0 Å². The van der Waals surface area contributed by atoms with Crippen molar-refractivity contribution in [2.24, 2.45) is 0 Å². The second-order valence-electron chi connectivity index (χ2n) is 6.35. The first kappa shape index (κ1) is 18.6. The minimum Gasteiger partial charge on any atom is -0.388 e. The summed E-state index contributed by atoms with van der Waals surface area (Å²) in [4.78, 5) is 2.19. The quantitative estimate of drug-likeness (QED) is 0.622. The highest BCUT2D eigenvalue weighted by atomic mass is 15.1. The Morgan fingerprint density at radius 3 is 1.20 bits per heavy atom. The molecular weight excluding hydrogens is 304 g/mol. The van der Waals surface area contributed by atoms with Gasteiger partial charge in [-0.15, -0.1) is 0 Å². The Morgan fingerprint density at radius 2 is 0.880 bits per heavy atom. The maximum absolute atomic E-state index is 3.05. The van der Waals surface area contributed by atoms with Crippen LogP contribution >= 0.6 is 0 Å². The maximum atomic E-state index is 3.05. The van der Waals surface area contributed by atoms with Gasteiger partial charge in [-0.25, -0.2) is 0 Å². The highest BCUT2D eigenvalue weighted by Crippen LogP contribution is 2.23. The second-order valence-corrected chi connectivity index (χ2v) is 6.35. The van der Waals surface area contributed by atoms with Crippen molar-refractivity contribution in [3.05, 3.63) is 89.5 Å². The molecule has 25 heavy (non-hydrogen) atoms. The van der Waals surface area contributed by atoms with E-state index in [9.17, 15) is 0 Å². The number of hydrogen-bond acceptors (Lipinski definition) is 2. The van der Waals surface area contributed by atoms with E-state index >= 15 is 0 Å². The fraction of sp³-hybridized carbons (Fsp3) is 0.217. The fourth-order valence-corrected chi connectivity index (χ4v) is 2.41. The predicted octanol–water partition coefficient (Wildman–Crippen LogP) is 6.11. The summed E-state index contributed by atoms with van der Waals surface area (Å²) < 4.78 is 0. The van der Waals surface area contributed by atoms with E-state index in [1.807, 2.05) is 7.05 Å². The van der Waals surface area contributed by atoms with Crippen LogP contribution in [0.15, 0.2) is 72.8 Å². The van der Waals surface area contributed by atoms with Gasteiger partial charge in [0.1, 0.15) is 0 Å². The number of aryl methyl sites for hydroxylation is 3. The first-order chi connectivity index (χ1) is 12.0. The molecule has 130 valence electrons. The van der Waals surface area contributed by atoms with Gasteiger partial charge in [0.05, 0.1) is 0 Å². The normalized spacial score (nSPS) is 9.80. The topological polar surface area (TPSA) is 15.3 Å². The predicted molar refractivity (Wildman–Crippen MR) is 111 cm³/mol. The monoisotopic (exact) mass is 332 g/mol. The van der Waals surface area contributed by atoms with Gasteiger partial charge < -0.3 is 10.2 Å². The van der Waals surface area contributed by atoms with Gasteiger partial charge in [-0.1, -0.05) is 53.1 Å². The van der Waals surface area contributed by atoms with E-state index in [-0.39, 0.29) is 0 Å². The molecule has 0 amide bonds. The van der Waals surface area contributed by atoms with Crippen molar-refractivity contribution in [2.75, 3.05) is 24.3 Å². The van der Waals surface area contributed by atoms with Crippen LogP contribution < -0.4 is 10.2 Å². The van der Waals surface area contributed by atoms with E-state index in [1.165, 1.54) is 33.8 Å². The van der Waals surface area contributed by atoms with Gasteiger partial charge in [-0.05, 0) is 57.2 Å². The summed E-state index contributed by atoms with van der Waals surface area (Å²) in [6, 6.07) is 25.5. The zero-order valence-corrected chi connectivity index (χ0v) is 15.9. The summed E-state index contributed by atoms with van der Waals surface area (Å²) in [6.45, 7) is 6.30. The molecule has 2 heteroatoms. The minimum atomic E-state index is 1.17. The number of benzene rings is 3. The summed E-state index contributed by atoms with van der Waals surface area (Å²) in [7, 11) is 4.01. The summed E-state index contributed by atoms with van der Waals surface area (Å²) >= 11 is 0. The molecule has 0 unspecified atom stereocenters. The number of nitrogens with one attached hydrogen (secondary N) is 1. The summed E-state index contributed by atoms with van der Waals surface area (Å²) in [5.74, 6) is 0. The number of rotatable bonds is 3. The zero-order valence-electron chi connectivity index (χ0n) is 15.9. The Labute approximate surface area is 152 Å². The molecule has 0 bridgehead atoms. The maximum Gasteiger partial charge on any atom is 0.0408 e. The van der Waals surface area contributed by atoms with Crippen molar-refractivity contribution < 1.29 is 0 Å². The highest BCUT2D eigenvalue weighted by molar-refractivity contribution is 5.62. The third-order valence-corrected chi connectivity index (χ3v) is 4.18. The first-order valence-electron chi connectivity index (χ1n) is 8.61. The van der Waals surface area contributed by atoms with Crippen molar-refractivity contribution in [2.45, 2.75) is 20.8 Å². The van der Waals surface area contributed by atoms with Crippen molar-refractivity contribution in [3.63, 3.8) is 0 Å². The third-order valence-electron chi connectivity index (χ3n) is 4.18. The lowest BCUT2D eigenvalue weighted by Gasteiger charge is -2.19. The Kier molecular flexibility index (Phi) is 6.64. The van der Waals surface area contributed by atoms with Gasteiger partial charge in [0.15, 0.2) is 0 Å². The van der Waals surface area contributed by atoms with Crippen LogP contribution in [-0.2, 0) is 0 Å². The van der Waals surface area contributed by atoms with Crippen molar-refractivity contribution >= 4 is 17.1 Å². The molecule has 3 aromatic carbocycles. The molecule has 0 fully saturated rings.